The van der Waals surface area contributed by atoms with Gasteiger partial charge in [0, 0.05) is 13.2 Å². The zero-order chi connectivity index (χ0) is 16.2. The van der Waals surface area contributed by atoms with Crippen molar-refractivity contribution in [1.82, 2.24) is 0 Å². The Morgan fingerprint density at radius 3 is 0.950 bits per heavy atom. The van der Waals surface area contributed by atoms with Gasteiger partial charge in [-0.15, -0.1) is 0 Å². The molecule has 0 N–H and O–H groups in total. The van der Waals surface area contributed by atoms with Gasteiger partial charge in [0.05, 0.1) is 15.2 Å². The van der Waals surface area contributed by atoms with Crippen molar-refractivity contribution in [2.24, 2.45) is 0 Å². The largest absolute Gasteiger partial charge is 0.420 e. The summed E-state index contributed by atoms with van der Waals surface area (Å²) in [5.74, 6) is 0. The van der Waals surface area contributed by atoms with Gasteiger partial charge in [-0.25, -0.2) is 0 Å². The lowest BCUT2D eigenvalue weighted by atomic mass is 10.3. The van der Waals surface area contributed by atoms with Crippen LogP contribution in [0.25, 0.3) is 0 Å². The van der Waals surface area contributed by atoms with Crippen LogP contribution in [0.1, 0.15) is 12.8 Å². The zero-order valence-electron chi connectivity index (χ0n) is 15.6. The van der Waals surface area contributed by atoms with Gasteiger partial charge < -0.3 is 8.85 Å². The number of unbranched alkanes of at least 4 members (excludes halogenated alkanes) is 1. The molecule has 2 nitrogen and oxygen atoms in total. The molecule has 0 atom stereocenters. The minimum absolute atomic E-state index is 0.932. The molecule has 0 aromatic carbocycles. The Labute approximate surface area is 131 Å². The molecule has 122 valence electrons. The van der Waals surface area contributed by atoms with Gasteiger partial charge in [-0.1, -0.05) is 39.3 Å². The van der Waals surface area contributed by atoms with Crippen molar-refractivity contribution in [2.75, 3.05) is 13.2 Å². The van der Waals surface area contributed by atoms with E-state index in [1.54, 1.807) is 0 Å². The highest BCUT2D eigenvalue weighted by molar-refractivity contribution is 7.38. The lowest BCUT2D eigenvalue weighted by Gasteiger charge is -2.35. The zero-order valence-corrected chi connectivity index (χ0v) is 19.6. The van der Waals surface area contributed by atoms with E-state index in [1.807, 2.05) is 0 Å². The van der Waals surface area contributed by atoms with Gasteiger partial charge in [0.15, 0.2) is 15.7 Å². The van der Waals surface area contributed by atoms with Crippen molar-refractivity contribution in [3.63, 3.8) is 0 Å². The molecule has 0 aromatic rings. The Balaban J connectivity index is 3.91. The Morgan fingerprint density at radius 2 is 0.750 bits per heavy atom. The van der Waals surface area contributed by atoms with Gasteiger partial charge in [-0.05, 0) is 39.0 Å². The Bertz CT molecular complexity index is 261. The molecular weight excluding hydrogens is 312 g/mol. The minimum Gasteiger partial charge on any atom is -0.420 e. The first kappa shape index (κ1) is 20.8. The molecular formula is C14H38O2Si4. The van der Waals surface area contributed by atoms with Crippen LogP contribution >= 0.6 is 0 Å². The fourth-order valence-electron chi connectivity index (χ4n) is 1.29. The third kappa shape index (κ3) is 6.70. The Kier molecular flexibility index (Phi) is 7.66. The van der Waals surface area contributed by atoms with Crippen molar-refractivity contribution in [3.8, 4) is 0 Å². The van der Waals surface area contributed by atoms with E-state index in [1.165, 1.54) is 0 Å². The number of rotatable bonds is 9. The SMILES string of the molecule is C[Si](C)(C)[Si](C)(C)OCCCCO[Si](C)(C)[Si](C)(C)C. The number of hydrogen-bond acceptors (Lipinski definition) is 2. The summed E-state index contributed by atoms with van der Waals surface area (Å²) in [6.07, 6.45) is 2.30. The highest BCUT2D eigenvalue weighted by Gasteiger charge is 2.39. The van der Waals surface area contributed by atoms with Crippen LogP contribution in [-0.2, 0) is 8.85 Å². The highest BCUT2D eigenvalue weighted by atomic mass is 29.3. The topological polar surface area (TPSA) is 18.5 Å². The normalized spacial score (nSPS) is 14.7. The summed E-state index contributed by atoms with van der Waals surface area (Å²) < 4.78 is 12.5. The summed E-state index contributed by atoms with van der Waals surface area (Å²) in [6, 6.07) is 0. The van der Waals surface area contributed by atoms with Gasteiger partial charge in [0.2, 0.25) is 0 Å². The van der Waals surface area contributed by atoms with Crippen LogP contribution in [0.2, 0.25) is 65.5 Å². The second kappa shape index (κ2) is 7.37. The van der Waals surface area contributed by atoms with Crippen molar-refractivity contribution in [1.29, 1.82) is 0 Å². The molecule has 0 saturated carbocycles. The molecule has 0 amide bonds. The second-order valence-electron chi connectivity index (χ2n) is 8.92. The first-order chi connectivity index (χ1) is 8.71. The first-order valence-corrected chi connectivity index (χ1v) is 22.8. The maximum Gasteiger partial charge on any atom is 0.173 e. The Hall–Kier alpha value is 0.788. The molecule has 0 heterocycles. The predicted octanol–water partition coefficient (Wildman–Crippen LogP) is 5.04. The van der Waals surface area contributed by atoms with Crippen LogP contribution in [0.5, 0.6) is 0 Å². The van der Waals surface area contributed by atoms with E-state index in [2.05, 4.69) is 65.5 Å². The van der Waals surface area contributed by atoms with E-state index in [9.17, 15) is 0 Å². The van der Waals surface area contributed by atoms with E-state index in [-0.39, 0.29) is 0 Å². The molecule has 20 heavy (non-hydrogen) atoms. The minimum atomic E-state index is -1.42. The number of hydrogen-bond donors (Lipinski definition) is 0. The summed E-state index contributed by atoms with van der Waals surface area (Å²) in [4.78, 5) is 0. The van der Waals surface area contributed by atoms with Crippen LogP contribution in [0, 0.1) is 0 Å². The van der Waals surface area contributed by atoms with Gasteiger partial charge in [-0.3, -0.25) is 0 Å². The van der Waals surface area contributed by atoms with Crippen molar-refractivity contribution < 1.29 is 8.85 Å². The molecule has 0 fully saturated rings. The molecule has 0 aliphatic rings. The molecule has 0 rings (SSSR count). The van der Waals surface area contributed by atoms with Gasteiger partial charge in [-0.2, -0.15) is 0 Å². The summed E-state index contributed by atoms with van der Waals surface area (Å²) in [6.45, 7) is 26.0. The van der Waals surface area contributed by atoms with E-state index < -0.39 is 30.9 Å². The molecule has 0 unspecified atom stereocenters. The van der Waals surface area contributed by atoms with Crippen molar-refractivity contribution in [2.45, 2.75) is 78.3 Å². The molecule has 0 spiro atoms. The quantitative estimate of drug-likeness (QED) is 0.428. The summed E-state index contributed by atoms with van der Waals surface area (Å²) in [7, 11) is -5.06. The second-order valence-corrected chi connectivity index (χ2v) is 40.8. The molecule has 6 heteroatoms. The van der Waals surface area contributed by atoms with E-state index in [0.717, 1.165) is 26.1 Å². The van der Waals surface area contributed by atoms with Crippen LogP contribution in [-0.4, -0.2) is 44.1 Å². The van der Waals surface area contributed by atoms with Crippen LogP contribution in [0.15, 0.2) is 0 Å². The van der Waals surface area contributed by atoms with Gasteiger partial charge in [0.25, 0.3) is 0 Å². The van der Waals surface area contributed by atoms with E-state index >= 15 is 0 Å². The van der Waals surface area contributed by atoms with Gasteiger partial charge in [0.1, 0.15) is 0 Å². The average molecular weight is 351 g/mol. The fourth-order valence-corrected chi connectivity index (χ4v) is 6.68. The van der Waals surface area contributed by atoms with E-state index in [4.69, 9.17) is 8.85 Å². The summed E-state index contributed by atoms with van der Waals surface area (Å²) in [5.41, 5.74) is 0. The first-order valence-electron chi connectivity index (χ1n) is 7.99. The Morgan fingerprint density at radius 1 is 0.500 bits per heavy atom. The summed E-state index contributed by atoms with van der Waals surface area (Å²) in [5, 5.41) is 0. The highest BCUT2D eigenvalue weighted by Crippen LogP contribution is 2.21. The van der Waals surface area contributed by atoms with Crippen LogP contribution < -0.4 is 0 Å². The predicted molar refractivity (Wildman–Crippen MR) is 103 cm³/mol. The summed E-state index contributed by atoms with van der Waals surface area (Å²) >= 11 is 0. The third-order valence-electron chi connectivity index (χ3n) is 5.08. The van der Waals surface area contributed by atoms with Crippen LogP contribution in [0.3, 0.4) is 0 Å². The molecule has 0 saturated heterocycles. The van der Waals surface area contributed by atoms with E-state index in [0.29, 0.717) is 0 Å². The van der Waals surface area contributed by atoms with Crippen LogP contribution in [0.4, 0.5) is 0 Å². The molecule has 0 aromatic heterocycles. The third-order valence-corrected chi connectivity index (χ3v) is 36.7. The smallest absolute Gasteiger partial charge is 0.173 e. The standard InChI is InChI=1S/C14H38O2Si4/c1-17(2,3)19(7,8)15-13-11-12-14-16-20(9,10)18(4,5)6/h11-14H2,1-10H3. The maximum absolute atomic E-state index is 6.26. The molecule has 0 aliphatic heterocycles. The molecule has 0 bridgehead atoms. The monoisotopic (exact) mass is 350 g/mol. The van der Waals surface area contributed by atoms with Crippen molar-refractivity contribution in [3.05, 3.63) is 0 Å². The molecule has 0 aliphatic carbocycles. The average Bonchev–Trinajstić information content (AvgIpc) is 2.19. The molecule has 0 radical (unpaired) electrons. The maximum atomic E-state index is 6.26. The lowest BCUT2D eigenvalue weighted by molar-refractivity contribution is 0.265. The lowest BCUT2D eigenvalue weighted by Crippen LogP contribution is -2.55. The fraction of sp³-hybridized carbons (Fsp3) is 1.00. The van der Waals surface area contributed by atoms with Crippen molar-refractivity contribution >= 4 is 30.9 Å². The van der Waals surface area contributed by atoms with Gasteiger partial charge >= 0.3 is 0 Å².